The van der Waals surface area contributed by atoms with Gasteiger partial charge in [-0.05, 0) is 0 Å². The van der Waals surface area contributed by atoms with E-state index in [-0.39, 0.29) is 5.92 Å². The molecule has 88 valence electrons. The van der Waals surface area contributed by atoms with E-state index < -0.39 is 24.3 Å². The molecular formula is C13H20O2Sn. The average Bonchev–Trinajstić information content (AvgIpc) is 2.17. The molecule has 2 nitrogen and oxygen atoms in total. The summed E-state index contributed by atoms with van der Waals surface area (Å²) < 4.78 is 1.49. The van der Waals surface area contributed by atoms with Gasteiger partial charge in [0.05, 0.1) is 0 Å². The second kappa shape index (κ2) is 5.21. The van der Waals surface area contributed by atoms with Crippen molar-refractivity contribution in [2.45, 2.75) is 28.2 Å². The zero-order valence-corrected chi connectivity index (χ0v) is 13.3. The number of benzene rings is 1. The first-order valence-corrected chi connectivity index (χ1v) is 15.6. The SMILES string of the molecule is CC(Cc1cc[c]([Sn]([CH3])([CH3])[CH3])cc1)C(=O)O. The van der Waals surface area contributed by atoms with Gasteiger partial charge in [-0.3, -0.25) is 0 Å². The van der Waals surface area contributed by atoms with Crippen molar-refractivity contribution in [1.82, 2.24) is 0 Å². The van der Waals surface area contributed by atoms with Crippen molar-refractivity contribution < 1.29 is 9.90 Å². The third-order valence-electron chi connectivity index (χ3n) is 2.78. The molecule has 3 heteroatoms. The van der Waals surface area contributed by atoms with Crippen molar-refractivity contribution in [3.63, 3.8) is 0 Å². The number of hydrogen-bond donors (Lipinski definition) is 1. The number of carbonyl (C=O) groups is 1. The van der Waals surface area contributed by atoms with Crippen LogP contribution in [0.4, 0.5) is 0 Å². The molecule has 0 amide bonds. The van der Waals surface area contributed by atoms with Crippen LogP contribution in [0, 0.1) is 5.92 Å². The monoisotopic (exact) mass is 328 g/mol. The van der Waals surface area contributed by atoms with Crippen LogP contribution in [0.1, 0.15) is 12.5 Å². The topological polar surface area (TPSA) is 37.3 Å². The molecule has 0 heterocycles. The molecule has 0 aromatic heterocycles. The number of hydrogen-bond acceptors (Lipinski definition) is 1. The molecule has 0 saturated heterocycles. The molecule has 1 N–H and O–H groups in total. The Kier molecular flexibility index (Phi) is 4.42. The zero-order valence-electron chi connectivity index (χ0n) is 10.4. The van der Waals surface area contributed by atoms with Gasteiger partial charge in [0.15, 0.2) is 0 Å². The van der Waals surface area contributed by atoms with Crippen LogP contribution in [0.25, 0.3) is 0 Å². The normalized spacial score (nSPS) is 13.5. The van der Waals surface area contributed by atoms with Crippen LogP contribution in [0.3, 0.4) is 0 Å². The van der Waals surface area contributed by atoms with Gasteiger partial charge in [0.1, 0.15) is 0 Å². The summed E-state index contributed by atoms with van der Waals surface area (Å²) in [6.45, 7) is 1.75. The van der Waals surface area contributed by atoms with Crippen LogP contribution in [0.2, 0.25) is 14.8 Å². The second-order valence-electron chi connectivity index (χ2n) is 5.39. The minimum absolute atomic E-state index is 0.302. The first-order chi connectivity index (χ1) is 7.30. The summed E-state index contributed by atoms with van der Waals surface area (Å²) in [5.74, 6) is -1.02. The fraction of sp³-hybridized carbons (Fsp3) is 0.462. The molecule has 0 radical (unpaired) electrons. The van der Waals surface area contributed by atoms with Gasteiger partial charge in [-0.25, -0.2) is 0 Å². The van der Waals surface area contributed by atoms with Gasteiger partial charge >= 0.3 is 102 Å². The van der Waals surface area contributed by atoms with Gasteiger partial charge in [-0.15, -0.1) is 0 Å². The summed E-state index contributed by atoms with van der Waals surface area (Å²) >= 11 is -1.94. The first-order valence-electron chi connectivity index (χ1n) is 5.63. The number of carboxylic acid groups (broad SMARTS) is 1. The van der Waals surface area contributed by atoms with Gasteiger partial charge in [0.2, 0.25) is 0 Å². The Morgan fingerprint density at radius 3 is 2.12 bits per heavy atom. The molecule has 1 rings (SSSR count). The molecule has 1 unspecified atom stereocenters. The Morgan fingerprint density at radius 2 is 1.75 bits per heavy atom. The van der Waals surface area contributed by atoms with Crippen molar-refractivity contribution in [2.75, 3.05) is 0 Å². The van der Waals surface area contributed by atoms with Crippen LogP contribution < -0.4 is 3.58 Å². The van der Waals surface area contributed by atoms with Gasteiger partial charge in [0, 0.05) is 0 Å². The molecule has 1 aromatic carbocycles. The molecular weight excluding hydrogens is 307 g/mol. The van der Waals surface area contributed by atoms with Crippen LogP contribution in [-0.2, 0) is 11.2 Å². The van der Waals surface area contributed by atoms with Crippen LogP contribution in [0.5, 0.6) is 0 Å². The van der Waals surface area contributed by atoms with E-state index in [1.807, 2.05) is 0 Å². The molecule has 0 aliphatic heterocycles. The van der Waals surface area contributed by atoms with Crippen molar-refractivity contribution in [1.29, 1.82) is 0 Å². The van der Waals surface area contributed by atoms with Gasteiger partial charge in [-0.1, -0.05) is 0 Å². The van der Waals surface area contributed by atoms with Gasteiger partial charge in [0.25, 0.3) is 0 Å². The van der Waals surface area contributed by atoms with E-state index in [4.69, 9.17) is 5.11 Å². The Hall–Kier alpha value is -0.511. The second-order valence-corrected chi connectivity index (χ2v) is 19.9. The molecule has 0 fully saturated rings. The number of carboxylic acids is 1. The average molecular weight is 327 g/mol. The molecule has 0 aliphatic carbocycles. The Balaban J connectivity index is 2.76. The summed E-state index contributed by atoms with van der Waals surface area (Å²) in [6.07, 6.45) is 0.620. The van der Waals surface area contributed by atoms with Crippen LogP contribution >= 0.6 is 0 Å². The zero-order chi connectivity index (χ0) is 12.3. The van der Waals surface area contributed by atoms with Crippen molar-refractivity contribution >= 4 is 27.9 Å². The molecule has 16 heavy (non-hydrogen) atoms. The van der Waals surface area contributed by atoms with E-state index in [1.54, 1.807) is 6.92 Å². The maximum absolute atomic E-state index is 10.7. The van der Waals surface area contributed by atoms with E-state index in [2.05, 4.69) is 39.1 Å². The molecule has 1 aromatic rings. The van der Waals surface area contributed by atoms with Gasteiger partial charge in [-0.2, -0.15) is 0 Å². The molecule has 0 spiro atoms. The Morgan fingerprint density at radius 1 is 1.25 bits per heavy atom. The van der Waals surface area contributed by atoms with Crippen LogP contribution in [-0.4, -0.2) is 29.5 Å². The van der Waals surface area contributed by atoms with Crippen molar-refractivity contribution in [3.05, 3.63) is 29.8 Å². The number of aliphatic carboxylic acids is 1. The molecule has 0 saturated carbocycles. The van der Waals surface area contributed by atoms with E-state index in [0.29, 0.717) is 6.42 Å². The maximum atomic E-state index is 10.7. The molecule has 0 aliphatic rings. The fourth-order valence-electron chi connectivity index (χ4n) is 1.58. The van der Waals surface area contributed by atoms with Crippen molar-refractivity contribution in [3.8, 4) is 0 Å². The predicted octanol–water partition coefficient (Wildman–Crippen LogP) is 2.50. The van der Waals surface area contributed by atoms with E-state index in [1.165, 1.54) is 3.58 Å². The number of rotatable bonds is 4. The third kappa shape index (κ3) is 3.81. The van der Waals surface area contributed by atoms with Crippen LogP contribution in [0.15, 0.2) is 24.3 Å². The van der Waals surface area contributed by atoms with E-state index in [9.17, 15) is 4.79 Å². The summed E-state index contributed by atoms with van der Waals surface area (Å²) in [6, 6.07) is 8.52. The standard InChI is InChI=1S/C10H11O2.3CH3.Sn/c1-8(10(11)12)7-9-5-3-2-4-6-9;;;;/h3-6,8H,7H2,1H3,(H,11,12);3*1H3;. The van der Waals surface area contributed by atoms with E-state index in [0.717, 1.165) is 5.56 Å². The summed E-state index contributed by atoms with van der Waals surface area (Å²) in [5, 5.41) is 8.84. The quantitative estimate of drug-likeness (QED) is 0.863. The molecule has 0 bridgehead atoms. The Bertz CT molecular complexity index is 363. The molecule has 1 atom stereocenters. The first kappa shape index (κ1) is 13.6. The van der Waals surface area contributed by atoms with Crippen molar-refractivity contribution in [2.24, 2.45) is 5.92 Å². The fourth-order valence-corrected chi connectivity index (χ4v) is 4.91. The summed E-state index contributed by atoms with van der Waals surface area (Å²) in [5.41, 5.74) is 1.12. The minimum atomic E-state index is -1.94. The Labute approximate surface area is 102 Å². The third-order valence-corrected chi connectivity index (χ3v) is 8.68. The van der Waals surface area contributed by atoms with Gasteiger partial charge < -0.3 is 0 Å². The summed E-state index contributed by atoms with van der Waals surface area (Å²) in [7, 11) is 0. The summed E-state index contributed by atoms with van der Waals surface area (Å²) in [4.78, 5) is 17.9. The predicted molar refractivity (Wildman–Crippen MR) is 69.9 cm³/mol. The van der Waals surface area contributed by atoms with E-state index >= 15 is 0 Å².